The summed E-state index contributed by atoms with van der Waals surface area (Å²) >= 11 is 6.09. The molecule has 0 radical (unpaired) electrons. The van der Waals surface area contributed by atoms with E-state index in [0.29, 0.717) is 4.77 Å². The molecule has 0 fully saturated rings. The van der Waals surface area contributed by atoms with E-state index in [-0.39, 0.29) is 10.6 Å². The first-order valence-electron chi connectivity index (χ1n) is 11.1. The zero-order chi connectivity index (χ0) is 23.9. The SMILES string of the molecule is O=[N+]([O-])c1cccc(C2N=C3C=CC=CN3c3c2n(-c2ccccc2)c(=S)n3-c2ccccc2)c1. The van der Waals surface area contributed by atoms with Crippen LogP contribution >= 0.6 is 12.2 Å². The van der Waals surface area contributed by atoms with Crippen molar-refractivity contribution in [3.63, 3.8) is 0 Å². The Morgan fingerprint density at radius 3 is 2.23 bits per heavy atom. The Morgan fingerprint density at radius 1 is 0.857 bits per heavy atom. The van der Waals surface area contributed by atoms with Gasteiger partial charge < -0.3 is 0 Å². The van der Waals surface area contributed by atoms with Gasteiger partial charge in [0, 0.05) is 29.7 Å². The van der Waals surface area contributed by atoms with Crippen LogP contribution in [-0.2, 0) is 0 Å². The maximum atomic E-state index is 11.6. The van der Waals surface area contributed by atoms with E-state index in [0.717, 1.165) is 34.3 Å². The highest BCUT2D eigenvalue weighted by Crippen LogP contribution is 2.43. The standard InChI is InChI=1S/C27H19N5O2S/c33-32(34)22-15-9-10-19(18-22)24-25-26(29-17-8-7-16-23(29)28-24)31(21-13-5-2-6-14-21)27(35)30(25)20-11-3-1-4-12-20/h1-18,24H. The third-order valence-electron chi connectivity index (χ3n) is 6.08. The molecule has 0 N–H and O–H groups in total. The van der Waals surface area contributed by atoms with Crippen LogP contribution in [0.4, 0.5) is 11.5 Å². The van der Waals surface area contributed by atoms with E-state index in [9.17, 15) is 10.1 Å². The van der Waals surface area contributed by atoms with Crippen LogP contribution in [0.1, 0.15) is 17.3 Å². The molecule has 1 aromatic heterocycles. The molecule has 0 bridgehead atoms. The van der Waals surface area contributed by atoms with Crippen molar-refractivity contribution in [2.75, 3.05) is 4.90 Å². The highest BCUT2D eigenvalue weighted by molar-refractivity contribution is 7.71. The van der Waals surface area contributed by atoms with Gasteiger partial charge in [-0.1, -0.05) is 54.6 Å². The van der Waals surface area contributed by atoms with E-state index in [2.05, 4.69) is 0 Å². The van der Waals surface area contributed by atoms with Gasteiger partial charge in [0.05, 0.1) is 10.6 Å². The summed E-state index contributed by atoms with van der Waals surface area (Å²) in [7, 11) is 0. The lowest BCUT2D eigenvalue weighted by molar-refractivity contribution is -0.384. The molecular formula is C27H19N5O2S. The number of para-hydroxylation sites is 2. The topological polar surface area (TPSA) is 68.6 Å². The van der Waals surface area contributed by atoms with Crippen molar-refractivity contribution in [3.8, 4) is 11.4 Å². The molecule has 1 unspecified atom stereocenters. The van der Waals surface area contributed by atoms with Crippen molar-refractivity contribution in [2.45, 2.75) is 6.04 Å². The molecule has 0 aliphatic carbocycles. The third-order valence-corrected chi connectivity index (χ3v) is 6.44. The summed E-state index contributed by atoms with van der Waals surface area (Å²) in [5.41, 5.74) is 3.41. The maximum Gasteiger partial charge on any atom is 0.269 e. The minimum atomic E-state index is -0.501. The van der Waals surface area contributed by atoms with Crippen molar-refractivity contribution >= 4 is 29.6 Å². The molecule has 0 saturated heterocycles. The van der Waals surface area contributed by atoms with Crippen LogP contribution in [0.25, 0.3) is 11.4 Å². The number of allylic oxidation sites excluding steroid dienone is 2. The predicted molar refractivity (Wildman–Crippen MR) is 139 cm³/mol. The summed E-state index contributed by atoms with van der Waals surface area (Å²) in [6.07, 6.45) is 7.78. The van der Waals surface area contributed by atoms with Gasteiger partial charge in [-0.15, -0.1) is 0 Å². The molecule has 0 saturated carbocycles. The van der Waals surface area contributed by atoms with Gasteiger partial charge in [-0.25, -0.2) is 0 Å². The van der Waals surface area contributed by atoms with Gasteiger partial charge in [0.1, 0.15) is 17.7 Å². The lowest BCUT2D eigenvalue weighted by Gasteiger charge is -2.32. The van der Waals surface area contributed by atoms with Crippen LogP contribution in [0.5, 0.6) is 0 Å². The molecule has 1 atom stereocenters. The minimum absolute atomic E-state index is 0.0260. The zero-order valence-electron chi connectivity index (χ0n) is 18.4. The van der Waals surface area contributed by atoms with E-state index in [1.165, 1.54) is 6.07 Å². The van der Waals surface area contributed by atoms with Gasteiger partial charge >= 0.3 is 0 Å². The van der Waals surface area contributed by atoms with Crippen LogP contribution in [0.3, 0.4) is 0 Å². The van der Waals surface area contributed by atoms with E-state index in [4.69, 9.17) is 17.2 Å². The highest BCUT2D eigenvalue weighted by Gasteiger charge is 2.36. The number of fused-ring (bicyclic) bond motifs is 3. The van der Waals surface area contributed by atoms with Crippen LogP contribution in [0, 0.1) is 14.9 Å². The molecule has 0 amide bonds. The molecular weight excluding hydrogens is 458 g/mol. The van der Waals surface area contributed by atoms with E-state index >= 15 is 0 Å². The first kappa shape index (κ1) is 21.0. The molecule has 3 heterocycles. The van der Waals surface area contributed by atoms with Crippen LogP contribution < -0.4 is 4.90 Å². The fraction of sp³-hybridized carbons (Fsp3) is 0.0370. The molecule has 3 aromatic carbocycles. The summed E-state index contributed by atoms with van der Waals surface area (Å²) < 4.78 is 4.65. The average Bonchev–Trinajstić information content (AvgIpc) is 3.22. The van der Waals surface area contributed by atoms with Crippen LogP contribution in [0.2, 0.25) is 0 Å². The molecule has 35 heavy (non-hydrogen) atoms. The molecule has 170 valence electrons. The summed E-state index contributed by atoms with van der Waals surface area (Å²) in [6, 6.07) is 26.0. The van der Waals surface area contributed by atoms with Crippen molar-refractivity contribution < 1.29 is 4.92 Å². The summed E-state index contributed by atoms with van der Waals surface area (Å²) in [6.45, 7) is 0. The van der Waals surface area contributed by atoms with Gasteiger partial charge in [-0.2, -0.15) is 0 Å². The Kier molecular flexibility index (Phi) is 5.00. The summed E-state index contributed by atoms with van der Waals surface area (Å²) in [5, 5.41) is 11.6. The molecule has 0 spiro atoms. The third kappa shape index (κ3) is 3.43. The molecule has 4 aromatic rings. The number of aliphatic imine (C=N–C) groups is 1. The first-order chi connectivity index (χ1) is 17.1. The smallest absolute Gasteiger partial charge is 0.269 e. The number of hydrogen-bond donors (Lipinski definition) is 0. The number of nitrogens with zero attached hydrogens (tertiary/aromatic N) is 5. The number of aromatic nitrogens is 2. The Balaban J connectivity index is 1.72. The van der Waals surface area contributed by atoms with Crippen LogP contribution in [-0.4, -0.2) is 19.9 Å². The number of imidazole rings is 1. The second-order valence-corrected chi connectivity index (χ2v) is 8.51. The monoisotopic (exact) mass is 477 g/mol. The zero-order valence-corrected chi connectivity index (χ0v) is 19.2. The van der Waals surface area contributed by atoms with Gasteiger partial charge in [-0.05, 0) is 54.2 Å². The number of benzene rings is 3. The number of nitro groups is 1. The predicted octanol–water partition coefficient (Wildman–Crippen LogP) is 6.30. The molecule has 6 rings (SSSR count). The first-order valence-corrected chi connectivity index (χ1v) is 11.5. The Morgan fingerprint density at radius 2 is 1.54 bits per heavy atom. The molecule has 8 heteroatoms. The second kappa shape index (κ2) is 8.34. The van der Waals surface area contributed by atoms with Crippen molar-refractivity contribution in [1.82, 2.24) is 9.13 Å². The highest BCUT2D eigenvalue weighted by atomic mass is 32.1. The van der Waals surface area contributed by atoms with Crippen molar-refractivity contribution in [1.29, 1.82) is 0 Å². The summed E-state index contributed by atoms with van der Waals surface area (Å²) in [4.78, 5) is 18.2. The van der Waals surface area contributed by atoms with Gasteiger partial charge in [0.25, 0.3) is 5.69 Å². The summed E-state index contributed by atoms with van der Waals surface area (Å²) in [5.74, 6) is 1.59. The fourth-order valence-corrected chi connectivity index (χ4v) is 4.97. The second-order valence-electron chi connectivity index (χ2n) is 8.15. The minimum Gasteiger partial charge on any atom is -0.286 e. The van der Waals surface area contributed by atoms with Gasteiger partial charge in [0.2, 0.25) is 0 Å². The molecule has 2 aliphatic rings. The quantitative estimate of drug-likeness (QED) is 0.197. The fourth-order valence-electron chi connectivity index (χ4n) is 4.57. The lowest BCUT2D eigenvalue weighted by Crippen LogP contribution is -2.32. The largest absolute Gasteiger partial charge is 0.286 e. The number of nitro benzene ring substituents is 1. The average molecular weight is 478 g/mol. The Hall–Kier alpha value is -4.56. The molecule has 7 nitrogen and oxygen atoms in total. The van der Waals surface area contributed by atoms with Gasteiger partial charge in [0.15, 0.2) is 4.77 Å². The number of hydrogen-bond acceptors (Lipinski definition) is 5. The van der Waals surface area contributed by atoms with Gasteiger partial charge in [-0.3, -0.25) is 29.1 Å². The van der Waals surface area contributed by atoms with E-state index in [1.807, 2.05) is 105 Å². The number of rotatable bonds is 4. The van der Waals surface area contributed by atoms with E-state index < -0.39 is 6.04 Å². The van der Waals surface area contributed by atoms with Crippen LogP contribution in [0.15, 0.2) is 114 Å². The number of non-ortho nitro benzene ring substituents is 1. The maximum absolute atomic E-state index is 11.6. The van der Waals surface area contributed by atoms with E-state index in [1.54, 1.807) is 12.1 Å². The Labute approximate surface area is 206 Å². The number of anilines is 1. The lowest BCUT2D eigenvalue weighted by atomic mass is 10.0. The normalized spacial score (nSPS) is 15.9. The molecule has 2 aliphatic heterocycles. The van der Waals surface area contributed by atoms with Crippen molar-refractivity contribution in [3.05, 3.63) is 135 Å². The van der Waals surface area contributed by atoms with Crippen molar-refractivity contribution in [2.24, 2.45) is 4.99 Å². The Bertz CT molecular complexity index is 1600. The number of amidine groups is 1.